The van der Waals surface area contributed by atoms with Crippen LogP contribution in [0.4, 0.5) is 0 Å². The van der Waals surface area contributed by atoms with Gasteiger partial charge in [-0.25, -0.2) is 4.79 Å². The molecule has 9 nitrogen and oxygen atoms in total. The fraction of sp³-hybridized carbons (Fsp3) is 0.750. The highest BCUT2D eigenvalue weighted by Crippen LogP contribution is 2.20. The first-order valence-corrected chi connectivity index (χ1v) is 8.50. The number of carbonyl (C=O) groups is 4. The lowest BCUT2D eigenvalue weighted by atomic mass is 9.98. The summed E-state index contributed by atoms with van der Waals surface area (Å²) >= 11 is 0. The summed E-state index contributed by atoms with van der Waals surface area (Å²) in [5.74, 6) is -3.42. The first kappa shape index (κ1) is 20.9. The summed E-state index contributed by atoms with van der Waals surface area (Å²) in [4.78, 5) is 48.3. The van der Waals surface area contributed by atoms with Crippen molar-refractivity contribution in [1.82, 2.24) is 10.2 Å². The Labute approximate surface area is 146 Å². The molecular formula is C16H27N3O6. The minimum atomic E-state index is -1.11. The van der Waals surface area contributed by atoms with Gasteiger partial charge in [0.15, 0.2) is 0 Å². The largest absolute Gasteiger partial charge is 0.481 e. The van der Waals surface area contributed by atoms with Gasteiger partial charge in [-0.3, -0.25) is 14.4 Å². The summed E-state index contributed by atoms with van der Waals surface area (Å²) in [5, 5.41) is 20.6. The average Bonchev–Trinajstić information content (AvgIpc) is 3.05. The molecule has 25 heavy (non-hydrogen) atoms. The third kappa shape index (κ3) is 5.70. The molecule has 4 atom stereocenters. The number of likely N-dealkylation sites (tertiary alicyclic amines) is 1. The number of nitrogens with zero attached hydrogens (tertiary/aromatic N) is 1. The zero-order valence-corrected chi connectivity index (χ0v) is 14.6. The van der Waals surface area contributed by atoms with Crippen LogP contribution in [-0.2, 0) is 19.2 Å². The molecule has 9 heteroatoms. The van der Waals surface area contributed by atoms with E-state index >= 15 is 0 Å². The Morgan fingerprint density at radius 3 is 2.44 bits per heavy atom. The van der Waals surface area contributed by atoms with Crippen molar-refractivity contribution in [3.63, 3.8) is 0 Å². The Kier molecular flexibility index (Phi) is 7.82. The Hall–Kier alpha value is -2.16. The van der Waals surface area contributed by atoms with Crippen molar-refractivity contribution in [3.05, 3.63) is 0 Å². The van der Waals surface area contributed by atoms with E-state index in [1.807, 2.05) is 6.92 Å². The van der Waals surface area contributed by atoms with Crippen molar-refractivity contribution >= 4 is 23.8 Å². The standard InChI is InChI=1S/C16H27N3O6/c1-3-9(2)13(17)14(22)18-10(6-7-12(20)21)15(23)19-8-4-5-11(19)16(24)25/h9-11,13H,3-8,17H2,1-2H3,(H,18,22)(H,20,21)(H,24,25). The van der Waals surface area contributed by atoms with Crippen LogP contribution in [-0.4, -0.2) is 63.5 Å². The van der Waals surface area contributed by atoms with E-state index in [9.17, 15) is 24.3 Å². The molecule has 142 valence electrons. The first-order valence-electron chi connectivity index (χ1n) is 8.50. The van der Waals surface area contributed by atoms with Gasteiger partial charge in [0.05, 0.1) is 6.04 Å². The molecule has 2 amide bonds. The number of hydrogen-bond acceptors (Lipinski definition) is 5. The van der Waals surface area contributed by atoms with Gasteiger partial charge < -0.3 is 26.2 Å². The molecule has 0 aromatic carbocycles. The quantitative estimate of drug-likeness (QED) is 0.445. The summed E-state index contributed by atoms with van der Waals surface area (Å²) in [6.45, 7) is 3.96. The van der Waals surface area contributed by atoms with Crippen molar-refractivity contribution < 1.29 is 29.4 Å². The maximum atomic E-state index is 12.7. The molecule has 0 aliphatic carbocycles. The van der Waals surface area contributed by atoms with E-state index in [0.717, 1.165) is 0 Å². The Bertz CT molecular complexity index is 524. The van der Waals surface area contributed by atoms with Gasteiger partial charge in [-0.15, -0.1) is 0 Å². The number of amides is 2. The van der Waals surface area contributed by atoms with E-state index in [1.54, 1.807) is 6.92 Å². The van der Waals surface area contributed by atoms with Crippen molar-refractivity contribution in [2.24, 2.45) is 11.7 Å². The summed E-state index contributed by atoms with van der Waals surface area (Å²) < 4.78 is 0. The maximum absolute atomic E-state index is 12.7. The fourth-order valence-electron chi connectivity index (χ4n) is 2.79. The average molecular weight is 357 g/mol. The summed E-state index contributed by atoms with van der Waals surface area (Å²) in [7, 11) is 0. The van der Waals surface area contributed by atoms with Crippen LogP contribution in [0.3, 0.4) is 0 Å². The predicted molar refractivity (Wildman–Crippen MR) is 88.6 cm³/mol. The Balaban J connectivity index is 2.88. The number of carboxylic acids is 2. The van der Waals surface area contributed by atoms with Crippen LogP contribution in [0.2, 0.25) is 0 Å². The minimum Gasteiger partial charge on any atom is -0.481 e. The highest BCUT2D eigenvalue weighted by Gasteiger charge is 2.38. The molecule has 0 radical (unpaired) electrons. The minimum absolute atomic E-state index is 0.103. The lowest BCUT2D eigenvalue weighted by Gasteiger charge is -2.28. The number of rotatable bonds is 9. The van der Waals surface area contributed by atoms with Gasteiger partial charge in [0.2, 0.25) is 11.8 Å². The summed E-state index contributed by atoms with van der Waals surface area (Å²) in [6, 6.07) is -2.86. The molecule has 5 N–H and O–H groups in total. The number of aliphatic carboxylic acids is 2. The molecule has 1 aliphatic rings. The van der Waals surface area contributed by atoms with Crippen molar-refractivity contribution in [1.29, 1.82) is 0 Å². The smallest absolute Gasteiger partial charge is 0.326 e. The molecule has 0 aromatic rings. The van der Waals surface area contributed by atoms with E-state index in [1.165, 1.54) is 4.90 Å². The topological polar surface area (TPSA) is 150 Å². The number of hydrogen-bond donors (Lipinski definition) is 4. The number of carboxylic acid groups (broad SMARTS) is 2. The molecule has 0 bridgehead atoms. The lowest BCUT2D eigenvalue weighted by Crippen LogP contribution is -2.55. The van der Waals surface area contributed by atoms with E-state index in [0.29, 0.717) is 19.3 Å². The first-order chi connectivity index (χ1) is 11.7. The Morgan fingerprint density at radius 1 is 1.28 bits per heavy atom. The van der Waals surface area contributed by atoms with Crippen LogP contribution in [0.1, 0.15) is 46.0 Å². The predicted octanol–water partition coefficient (Wildman–Crippen LogP) is -0.215. The highest BCUT2D eigenvalue weighted by atomic mass is 16.4. The molecule has 1 aliphatic heterocycles. The van der Waals surface area contributed by atoms with E-state index in [2.05, 4.69) is 5.32 Å². The van der Waals surface area contributed by atoms with Gasteiger partial charge >= 0.3 is 11.9 Å². The van der Waals surface area contributed by atoms with Gasteiger partial charge in [-0.1, -0.05) is 20.3 Å². The highest BCUT2D eigenvalue weighted by molar-refractivity contribution is 5.92. The molecule has 1 saturated heterocycles. The normalized spacial score (nSPS) is 20.6. The SMILES string of the molecule is CCC(C)C(N)C(=O)NC(CCC(=O)O)C(=O)N1CCCC1C(=O)O. The van der Waals surface area contributed by atoms with Crippen LogP contribution in [0, 0.1) is 5.92 Å². The van der Waals surface area contributed by atoms with E-state index in [4.69, 9.17) is 10.8 Å². The van der Waals surface area contributed by atoms with Gasteiger partial charge in [-0.05, 0) is 25.2 Å². The number of carbonyl (C=O) groups excluding carboxylic acids is 2. The maximum Gasteiger partial charge on any atom is 0.326 e. The zero-order chi connectivity index (χ0) is 19.1. The van der Waals surface area contributed by atoms with Crippen molar-refractivity contribution in [3.8, 4) is 0 Å². The second kappa shape index (κ2) is 9.36. The molecule has 4 unspecified atom stereocenters. The van der Waals surface area contributed by atoms with Gasteiger partial charge in [0.1, 0.15) is 12.1 Å². The monoisotopic (exact) mass is 357 g/mol. The summed E-state index contributed by atoms with van der Waals surface area (Å²) in [6.07, 6.45) is 1.13. The fourth-order valence-corrected chi connectivity index (χ4v) is 2.79. The zero-order valence-electron chi connectivity index (χ0n) is 14.6. The summed E-state index contributed by atoms with van der Waals surface area (Å²) in [5.41, 5.74) is 5.86. The van der Waals surface area contributed by atoms with Crippen LogP contribution in [0.25, 0.3) is 0 Å². The number of nitrogens with two attached hydrogens (primary N) is 1. The molecule has 1 heterocycles. The number of nitrogens with one attached hydrogen (secondary N) is 1. The molecule has 0 spiro atoms. The van der Waals surface area contributed by atoms with E-state index < -0.39 is 41.9 Å². The van der Waals surface area contributed by atoms with E-state index in [-0.39, 0.29) is 25.3 Å². The lowest BCUT2D eigenvalue weighted by molar-refractivity contribution is -0.150. The van der Waals surface area contributed by atoms with Crippen molar-refractivity contribution in [2.45, 2.75) is 64.1 Å². The second-order valence-corrected chi connectivity index (χ2v) is 6.43. The van der Waals surface area contributed by atoms with Crippen LogP contribution in [0.5, 0.6) is 0 Å². The Morgan fingerprint density at radius 2 is 1.92 bits per heavy atom. The third-order valence-corrected chi connectivity index (χ3v) is 4.64. The van der Waals surface area contributed by atoms with Gasteiger partial charge in [-0.2, -0.15) is 0 Å². The van der Waals surface area contributed by atoms with Crippen LogP contribution < -0.4 is 11.1 Å². The molecular weight excluding hydrogens is 330 g/mol. The molecule has 1 fully saturated rings. The third-order valence-electron chi connectivity index (χ3n) is 4.64. The second-order valence-electron chi connectivity index (χ2n) is 6.43. The van der Waals surface area contributed by atoms with Crippen LogP contribution >= 0.6 is 0 Å². The molecule has 0 aromatic heterocycles. The van der Waals surface area contributed by atoms with Gasteiger partial charge in [0, 0.05) is 13.0 Å². The van der Waals surface area contributed by atoms with Crippen LogP contribution in [0.15, 0.2) is 0 Å². The molecule has 0 saturated carbocycles. The molecule has 1 rings (SSSR count). The van der Waals surface area contributed by atoms with Crippen molar-refractivity contribution in [2.75, 3.05) is 6.54 Å². The van der Waals surface area contributed by atoms with Gasteiger partial charge in [0.25, 0.3) is 0 Å².